The summed E-state index contributed by atoms with van der Waals surface area (Å²) in [6.07, 6.45) is 0.183. The first kappa shape index (κ1) is 9.49. The Kier molecular flexibility index (Phi) is 2.70. The number of nitrogens with one attached hydrogen (secondary N) is 1. The molecular weight excluding hydrogens is 176 g/mol. The van der Waals surface area contributed by atoms with Gasteiger partial charge in [0.2, 0.25) is 0 Å². The fraction of sp³-hybridized carbons (Fsp3) is 0.455. The summed E-state index contributed by atoms with van der Waals surface area (Å²) in [7, 11) is 0. The van der Waals surface area contributed by atoms with E-state index in [0.29, 0.717) is 0 Å². The molecule has 1 atom stereocenters. The summed E-state index contributed by atoms with van der Waals surface area (Å²) in [4.78, 5) is 0. The zero-order chi connectivity index (χ0) is 9.97. The summed E-state index contributed by atoms with van der Waals surface area (Å²) in [5, 5.41) is 3.31. The molecule has 1 fully saturated rings. The van der Waals surface area contributed by atoms with Gasteiger partial charge in [0.15, 0.2) is 0 Å². The third-order valence-corrected chi connectivity index (χ3v) is 2.59. The molecule has 76 valence electrons. The van der Waals surface area contributed by atoms with Gasteiger partial charge in [0.1, 0.15) is 0 Å². The Hall–Kier alpha value is -1.06. The number of morpholine rings is 1. The molecule has 0 amide bonds. The van der Waals surface area contributed by atoms with Crippen LogP contribution in [0.2, 0.25) is 0 Å². The van der Waals surface area contributed by atoms with Crippen molar-refractivity contribution in [3.8, 4) is 0 Å². The third-order valence-electron chi connectivity index (χ3n) is 2.59. The van der Waals surface area contributed by atoms with Gasteiger partial charge in [0.25, 0.3) is 0 Å². The number of nitrogen functional groups attached to an aromatic ring is 1. The van der Waals surface area contributed by atoms with E-state index >= 15 is 0 Å². The Balaban J connectivity index is 2.18. The molecule has 0 aromatic heterocycles. The van der Waals surface area contributed by atoms with Gasteiger partial charge in [-0.1, -0.05) is 12.1 Å². The fourth-order valence-electron chi connectivity index (χ4n) is 1.68. The van der Waals surface area contributed by atoms with Gasteiger partial charge in [-0.15, -0.1) is 0 Å². The molecule has 1 saturated heterocycles. The van der Waals surface area contributed by atoms with Crippen LogP contribution in [0.5, 0.6) is 0 Å². The van der Waals surface area contributed by atoms with Crippen molar-refractivity contribution in [2.75, 3.05) is 25.4 Å². The number of nitrogens with two attached hydrogens (primary N) is 1. The predicted molar refractivity (Wildman–Crippen MR) is 57.2 cm³/mol. The van der Waals surface area contributed by atoms with Crippen LogP contribution in [0, 0.1) is 6.92 Å². The molecule has 0 spiro atoms. The van der Waals surface area contributed by atoms with Gasteiger partial charge >= 0.3 is 0 Å². The first-order chi connectivity index (χ1) is 6.77. The normalized spacial score (nSPS) is 22.2. The highest BCUT2D eigenvalue weighted by Crippen LogP contribution is 2.22. The molecule has 2 rings (SSSR count). The van der Waals surface area contributed by atoms with Crippen LogP contribution in [0.4, 0.5) is 5.69 Å². The van der Waals surface area contributed by atoms with Crippen molar-refractivity contribution < 1.29 is 4.74 Å². The molecule has 0 radical (unpaired) electrons. The van der Waals surface area contributed by atoms with Crippen molar-refractivity contribution in [1.29, 1.82) is 0 Å². The van der Waals surface area contributed by atoms with Crippen LogP contribution in [0.15, 0.2) is 18.2 Å². The molecule has 1 aromatic carbocycles. The van der Waals surface area contributed by atoms with E-state index in [9.17, 15) is 0 Å². The molecule has 1 aromatic rings. The number of hydrogen-bond acceptors (Lipinski definition) is 3. The number of benzene rings is 1. The van der Waals surface area contributed by atoms with E-state index in [1.54, 1.807) is 0 Å². The van der Waals surface area contributed by atoms with Crippen LogP contribution in [0.3, 0.4) is 0 Å². The number of ether oxygens (including phenoxy) is 1. The van der Waals surface area contributed by atoms with Crippen LogP contribution >= 0.6 is 0 Å². The summed E-state index contributed by atoms with van der Waals surface area (Å²) in [6.45, 7) is 4.65. The van der Waals surface area contributed by atoms with Crippen molar-refractivity contribution in [1.82, 2.24) is 5.32 Å². The summed E-state index contributed by atoms with van der Waals surface area (Å²) in [5.74, 6) is 0. The smallest absolute Gasteiger partial charge is 0.0949 e. The van der Waals surface area contributed by atoms with Gasteiger partial charge in [-0.25, -0.2) is 0 Å². The first-order valence-corrected chi connectivity index (χ1v) is 4.96. The largest absolute Gasteiger partial charge is 0.399 e. The Morgan fingerprint density at radius 2 is 2.36 bits per heavy atom. The van der Waals surface area contributed by atoms with Gasteiger partial charge in [-0.2, -0.15) is 0 Å². The molecule has 3 heteroatoms. The summed E-state index contributed by atoms with van der Waals surface area (Å²) in [5.41, 5.74) is 8.94. The minimum absolute atomic E-state index is 0.183. The second kappa shape index (κ2) is 3.98. The molecule has 1 unspecified atom stereocenters. The molecule has 0 aliphatic carbocycles. The minimum Gasteiger partial charge on any atom is -0.399 e. The number of hydrogen-bond donors (Lipinski definition) is 2. The van der Waals surface area contributed by atoms with E-state index in [0.717, 1.165) is 30.9 Å². The van der Waals surface area contributed by atoms with Crippen LogP contribution in [-0.2, 0) is 4.74 Å². The first-order valence-electron chi connectivity index (χ1n) is 4.96. The number of rotatable bonds is 1. The predicted octanol–water partition coefficient (Wildman–Crippen LogP) is 1.24. The van der Waals surface area contributed by atoms with Gasteiger partial charge in [0.05, 0.1) is 12.7 Å². The van der Waals surface area contributed by atoms with Crippen molar-refractivity contribution in [2.24, 2.45) is 0 Å². The standard InChI is InChI=1S/C11H16N2O/c1-8-6-9(2-3-10(8)12)11-7-13-4-5-14-11/h2-3,6,11,13H,4-5,7,12H2,1H3. The SMILES string of the molecule is Cc1cc(C2CNCCO2)ccc1N. The lowest BCUT2D eigenvalue weighted by Crippen LogP contribution is -2.33. The minimum atomic E-state index is 0.183. The summed E-state index contributed by atoms with van der Waals surface area (Å²) < 4.78 is 5.66. The topological polar surface area (TPSA) is 47.3 Å². The highest BCUT2D eigenvalue weighted by molar-refractivity contribution is 5.48. The van der Waals surface area contributed by atoms with E-state index in [1.165, 1.54) is 5.56 Å². The van der Waals surface area contributed by atoms with Crippen molar-refractivity contribution >= 4 is 5.69 Å². The molecule has 0 saturated carbocycles. The molecule has 3 nitrogen and oxygen atoms in total. The second-order valence-corrected chi connectivity index (χ2v) is 3.68. The van der Waals surface area contributed by atoms with Gasteiger partial charge < -0.3 is 15.8 Å². The maximum Gasteiger partial charge on any atom is 0.0949 e. The maximum absolute atomic E-state index is 5.76. The highest BCUT2D eigenvalue weighted by atomic mass is 16.5. The zero-order valence-corrected chi connectivity index (χ0v) is 8.42. The lowest BCUT2D eigenvalue weighted by molar-refractivity contribution is 0.0277. The van der Waals surface area contributed by atoms with Crippen molar-refractivity contribution in [3.05, 3.63) is 29.3 Å². The third kappa shape index (κ3) is 1.89. The van der Waals surface area contributed by atoms with Gasteiger partial charge in [0, 0.05) is 18.8 Å². The van der Waals surface area contributed by atoms with Crippen LogP contribution in [-0.4, -0.2) is 19.7 Å². The maximum atomic E-state index is 5.76. The highest BCUT2D eigenvalue weighted by Gasteiger charge is 2.15. The zero-order valence-electron chi connectivity index (χ0n) is 8.42. The lowest BCUT2D eigenvalue weighted by Gasteiger charge is -2.24. The van der Waals surface area contributed by atoms with Crippen molar-refractivity contribution in [2.45, 2.75) is 13.0 Å². The molecular formula is C11H16N2O. The van der Waals surface area contributed by atoms with E-state index in [2.05, 4.69) is 11.4 Å². The Labute approximate surface area is 84.3 Å². The second-order valence-electron chi connectivity index (χ2n) is 3.68. The van der Waals surface area contributed by atoms with Gasteiger partial charge in [-0.05, 0) is 24.1 Å². The van der Waals surface area contributed by atoms with E-state index in [4.69, 9.17) is 10.5 Å². The lowest BCUT2D eigenvalue weighted by atomic mass is 10.0. The average Bonchev–Trinajstić information content (AvgIpc) is 2.23. The summed E-state index contributed by atoms with van der Waals surface area (Å²) >= 11 is 0. The molecule has 1 aliphatic rings. The number of aryl methyl sites for hydroxylation is 1. The monoisotopic (exact) mass is 192 g/mol. The van der Waals surface area contributed by atoms with Crippen molar-refractivity contribution in [3.63, 3.8) is 0 Å². The van der Waals surface area contributed by atoms with Crippen LogP contribution in [0.1, 0.15) is 17.2 Å². The number of anilines is 1. The van der Waals surface area contributed by atoms with Crippen LogP contribution in [0.25, 0.3) is 0 Å². The van der Waals surface area contributed by atoms with E-state index in [1.807, 2.05) is 19.1 Å². The average molecular weight is 192 g/mol. The van der Waals surface area contributed by atoms with Crippen LogP contribution < -0.4 is 11.1 Å². The van der Waals surface area contributed by atoms with E-state index < -0.39 is 0 Å². The quantitative estimate of drug-likeness (QED) is 0.658. The molecule has 1 heterocycles. The van der Waals surface area contributed by atoms with Gasteiger partial charge in [-0.3, -0.25) is 0 Å². The molecule has 0 bridgehead atoms. The molecule has 3 N–H and O–H groups in total. The Bertz CT molecular complexity index is 319. The summed E-state index contributed by atoms with van der Waals surface area (Å²) in [6, 6.07) is 6.09. The molecule has 14 heavy (non-hydrogen) atoms. The fourth-order valence-corrected chi connectivity index (χ4v) is 1.68. The van der Waals surface area contributed by atoms with E-state index in [-0.39, 0.29) is 6.10 Å². The molecule has 1 aliphatic heterocycles. The Morgan fingerprint density at radius 3 is 3.00 bits per heavy atom. The Morgan fingerprint density at radius 1 is 1.50 bits per heavy atom.